The van der Waals surface area contributed by atoms with Crippen LogP contribution < -0.4 is 9.44 Å². The fourth-order valence-electron chi connectivity index (χ4n) is 2.62. The Morgan fingerprint density at radius 3 is 2.17 bits per heavy atom. The maximum atomic E-state index is 12.6. The van der Waals surface area contributed by atoms with E-state index in [0.29, 0.717) is 23.5 Å². The molecule has 0 bridgehead atoms. The monoisotopic (exact) mass is 439 g/mol. The standard InChI is InChI=1S/C17H21N5O5S2/c1-5-22-13(4)16(10-18-22)29(25,26)20-14-6-8-15(9-7-14)28(23,24)21-17-11(2)12(3)19-27-17/h6-10,20-21H,5H2,1-4H3. The number of sulfonamides is 2. The summed E-state index contributed by atoms with van der Waals surface area (Å²) in [6.07, 6.45) is 1.28. The summed E-state index contributed by atoms with van der Waals surface area (Å²) in [4.78, 5) is 0.0118. The van der Waals surface area contributed by atoms with E-state index in [0.717, 1.165) is 0 Å². The van der Waals surface area contributed by atoms with Gasteiger partial charge < -0.3 is 4.52 Å². The summed E-state index contributed by atoms with van der Waals surface area (Å²) >= 11 is 0. The highest BCUT2D eigenvalue weighted by atomic mass is 32.2. The van der Waals surface area contributed by atoms with E-state index in [1.807, 2.05) is 6.92 Å². The average molecular weight is 440 g/mol. The van der Waals surface area contributed by atoms with Crippen molar-refractivity contribution in [3.8, 4) is 0 Å². The Kier molecular flexibility index (Phi) is 5.41. The van der Waals surface area contributed by atoms with Gasteiger partial charge in [-0.3, -0.25) is 9.40 Å². The zero-order valence-electron chi connectivity index (χ0n) is 16.3. The summed E-state index contributed by atoms with van der Waals surface area (Å²) in [5.41, 5.74) is 1.90. The van der Waals surface area contributed by atoms with Gasteiger partial charge in [0.1, 0.15) is 4.90 Å². The lowest BCUT2D eigenvalue weighted by molar-refractivity contribution is 0.430. The predicted octanol–water partition coefficient (Wildman–Crippen LogP) is 2.42. The largest absolute Gasteiger partial charge is 0.337 e. The van der Waals surface area contributed by atoms with Gasteiger partial charge in [0, 0.05) is 17.8 Å². The van der Waals surface area contributed by atoms with Gasteiger partial charge >= 0.3 is 0 Å². The summed E-state index contributed by atoms with van der Waals surface area (Å²) in [5, 5.41) is 7.74. The molecule has 1 aromatic carbocycles. The second-order valence-corrected chi connectivity index (χ2v) is 9.70. The molecule has 2 N–H and O–H groups in total. The van der Waals surface area contributed by atoms with Crippen LogP contribution in [0.4, 0.5) is 11.6 Å². The van der Waals surface area contributed by atoms with Crippen molar-refractivity contribution in [2.45, 2.75) is 44.0 Å². The topological polar surface area (TPSA) is 136 Å². The molecule has 3 aromatic rings. The first-order valence-electron chi connectivity index (χ1n) is 8.66. The summed E-state index contributed by atoms with van der Waals surface area (Å²) in [6, 6.07) is 5.32. The highest BCUT2D eigenvalue weighted by Gasteiger charge is 2.22. The number of hydrogen-bond acceptors (Lipinski definition) is 7. The Labute approximate surface area is 169 Å². The van der Waals surface area contributed by atoms with Crippen LogP contribution in [0.2, 0.25) is 0 Å². The Morgan fingerprint density at radius 1 is 1.00 bits per heavy atom. The number of aryl methyl sites for hydroxylation is 2. The molecule has 0 spiro atoms. The first-order valence-corrected chi connectivity index (χ1v) is 11.6. The van der Waals surface area contributed by atoms with E-state index >= 15 is 0 Å². The van der Waals surface area contributed by atoms with E-state index in [1.165, 1.54) is 30.5 Å². The number of rotatable bonds is 7. The van der Waals surface area contributed by atoms with Crippen molar-refractivity contribution in [2.75, 3.05) is 9.44 Å². The Hall–Kier alpha value is -2.86. The second kappa shape index (κ2) is 7.52. The van der Waals surface area contributed by atoms with E-state index in [-0.39, 0.29) is 21.4 Å². The number of benzene rings is 1. The zero-order valence-corrected chi connectivity index (χ0v) is 17.9. The van der Waals surface area contributed by atoms with Gasteiger partial charge in [-0.2, -0.15) is 5.10 Å². The molecular weight excluding hydrogens is 418 g/mol. The van der Waals surface area contributed by atoms with Gasteiger partial charge in [0.2, 0.25) is 5.88 Å². The molecule has 10 nitrogen and oxygen atoms in total. The first-order chi connectivity index (χ1) is 13.5. The van der Waals surface area contributed by atoms with Crippen LogP contribution in [0.3, 0.4) is 0 Å². The molecule has 0 amide bonds. The molecule has 2 heterocycles. The molecular formula is C17H21N5O5S2. The van der Waals surface area contributed by atoms with E-state index in [4.69, 9.17) is 4.52 Å². The van der Waals surface area contributed by atoms with E-state index in [1.54, 1.807) is 25.5 Å². The molecule has 0 aliphatic rings. The van der Waals surface area contributed by atoms with Gasteiger partial charge in [0.25, 0.3) is 20.0 Å². The quantitative estimate of drug-likeness (QED) is 0.577. The molecule has 156 valence electrons. The van der Waals surface area contributed by atoms with E-state index in [9.17, 15) is 16.8 Å². The van der Waals surface area contributed by atoms with Crippen LogP contribution in [0.25, 0.3) is 0 Å². The van der Waals surface area contributed by atoms with Crippen molar-refractivity contribution in [3.63, 3.8) is 0 Å². The lowest BCUT2D eigenvalue weighted by Gasteiger charge is -2.10. The lowest BCUT2D eigenvalue weighted by Crippen LogP contribution is -2.15. The number of hydrogen-bond donors (Lipinski definition) is 2. The summed E-state index contributed by atoms with van der Waals surface area (Å²) in [6.45, 7) is 7.46. The summed E-state index contributed by atoms with van der Waals surface area (Å²) in [7, 11) is -7.77. The van der Waals surface area contributed by atoms with Gasteiger partial charge in [-0.1, -0.05) is 5.16 Å². The van der Waals surface area contributed by atoms with Gasteiger partial charge in [-0.15, -0.1) is 0 Å². The molecule has 29 heavy (non-hydrogen) atoms. The average Bonchev–Trinajstić information content (AvgIpc) is 3.19. The summed E-state index contributed by atoms with van der Waals surface area (Å²) < 4.78 is 61.5. The van der Waals surface area contributed by atoms with Gasteiger partial charge in [-0.25, -0.2) is 21.6 Å². The van der Waals surface area contributed by atoms with Crippen LogP contribution >= 0.6 is 0 Å². The van der Waals surface area contributed by atoms with Crippen LogP contribution in [-0.4, -0.2) is 31.8 Å². The van der Waals surface area contributed by atoms with Gasteiger partial charge in [0.05, 0.1) is 22.5 Å². The molecule has 0 fully saturated rings. The minimum Gasteiger partial charge on any atom is -0.337 e. The Balaban J connectivity index is 1.81. The SMILES string of the molecule is CCn1ncc(S(=O)(=O)Nc2ccc(S(=O)(=O)Nc3onc(C)c3C)cc2)c1C. The van der Waals surface area contributed by atoms with Crippen molar-refractivity contribution < 1.29 is 21.4 Å². The fraction of sp³-hybridized carbons (Fsp3) is 0.294. The van der Waals surface area contributed by atoms with Crippen LogP contribution in [0.1, 0.15) is 23.9 Å². The normalized spacial score (nSPS) is 12.1. The third-order valence-corrected chi connectivity index (χ3v) is 7.28. The van der Waals surface area contributed by atoms with Crippen molar-refractivity contribution in [2.24, 2.45) is 0 Å². The fourth-order valence-corrected chi connectivity index (χ4v) is 4.90. The van der Waals surface area contributed by atoms with Crippen LogP contribution in [-0.2, 0) is 26.6 Å². The highest BCUT2D eigenvalue weighted by molar-refractivity contribution is 7.93. The maximum Gasteiger partial charge on any atom is 0.265 e. The number of nitrogens with zero attached hydrogens (tertiary/aromatic N) is 3. The van der Waals surface area contributed by atoms with Crippen LogP contribution in [0, 0.1) is 20.8 Å². The van der Waals surface area contributed by atoms with Gasteiger partial charge in [-0.05, 0) is 52.0 Å². The molecule has 2 aromatic heterocycles. The highest BCUT2D eigenvalue weighted by Crippen LogP contribution is 2.24. The molecule has 0 aliphatic carbocycles. The number of aromatic nitrogens is 3. The van der Waals surface area contributed by atoms with E-state index < -0.39 is 20.0 Å². The summed E-state index contributed by atoms with van der Waals surface area (Å²) in [5.74, 6) is 0.0377. The zero-order chi connectivity index (χ0) is 21.4. The molecule has 0 atom stereocenters. The number of nitrogens with one attached hydrogen (secondary N) is 2. The second-order valence-electron chi connectivity index (χ2n) is 6.37. The Morgan fingerprint density at radius 2 is 1.66 bits per heavy atom. The van der Waals surface area contributed by atoms with E-state index in [2.05, 4.69) is 19.7 Å². The molecule has 0 radical (unpaired) electrons. The maximum absolute atomic E-state index is 12.6. The predicted molar refractivity (Wildman–Crippen MR) is 107 cm³/mol. The van der Waals surface area contributed by atoms with Crippen LogP contribution in [0.15, 0.2) is 44.8 Å². The third kappa shape index (κ3) is 4.12. The third-order valence-electron chi connectivity index (χ3n) is 4.45. The smallest absolute Gasteiger partial charge is 0.265 e. The minimum absolute atomic E-state index is 0.0377. The Bertz CT molecular complexity index is 1240. The van der Waals surface area contributed by atoms with Crippen molar-refractivity contribution in [1.82, 2.24) is 14.9 Å². The van der Waals surface area contributed by atoms with Crippen molar-refractivity contribution in [1.29, 1.82) is 0 Å². The van der Waals surface area contributed by atoms with Crippen molar-refractivity contribution in [3.05, 3.63) is 47.4 Å². The number of anilines is 2. The van der Waals surface area contributed by atoms with Crippen molar-refractivity contribution >= 4 is 31.6 Å². The molecule has 0 unspecified atom stereocenters. The minimum atomic E-state index is -3.92. The first kappa shape index (κ1) is 20.9. The molecule has 0 aliphatic heterocycles. The molecule has 0 saturated carbocycles. The molecule has 12 heteroatoms. The lowest BCUT2D eigenvalue weighted by atomic mass is 10.3. The molecule has 0 saturated heterocycles. The van der Waals surface area contributed by atoms with Crippen LogP contribution in [0.5, 0.6) is 0 Å². The molecule has 3 rings (SSSR count). The van der Waals surface area contributed by atoms with Gasteiger partial charge in [0.15, 0.2) is 0 Å².